The molecule has 0 unspecified atom stereocenters. The van der Waals surface area contributed by atoms with E-state index in [0.29, 0.717) is 30.4 Å². The van der Waals surface area contributed by atoms with Gasteiger partial charge in [-0.3, -0.25) is 58.1 Å². The van der Waals surface area contributed by atoms with Gasteiger partial charge in [-0.1, -0.05) is 56.3 Å². The minimum Gasteiger partial charge on any atom is -0.508 e. The second kappa shape index (κ2) is 31.2. The molecule has 432 valence electrons. The minimum atomic E-state index is -1.78. The molecule has 10 amide bonds. The Labute approximate surface area is 458 Å². The molecule has 8 atom stereocenters. The van der Waals surface area contributed by atoms with Crippen LogP contribution in [0.25, 0.3) is 0 Å². The van der Waals surface area contributed by atoms with E-state index in [1.807, 2.05) is 0 Å². The standard InChI is InChI=1S/C53H77N13O13/c1-30(2)25-37-47(74)59-31(3)45(72)64-40(27-34-18-20-35(68)21-19-34)51(78)66-24-12-17-42(66)52(79)65(5)41(16-9-10-22-56-32(4)67)50(77)63-38(26-33-13-7-6-8-14-33)48(75)61-36(15-11-23-57-53(54)55)46(73)58-29-43(69)60-39(28-44(70)71)49(76)62-37/h6-8,13-14,18-21,30-31,36-42,68H,9-12,15-17,22-29H2,1-5H3,(H,56,67)(H,58,73)(H,59,74)(H,60,69)(H,61,75)(H,62,76)(H,63,77)(H,64,72)(H,70,71)(H4,54,55,57)/t31-,36-,37-,38-,39-,40-,41-,42+/m0/s1. The molecular weight excluding hydrogens is 1030 g/mol. The summed E-state index contributed by atoms with van der Waals surface area (Å²) in [5.74, 6) is -10.1. The lowest BCUT2D eigenvalue weighted by Gasteiger charge is -2.35. The van der Waals surface area contributed by atoms with Crippen LogP contribution in [-0.2, 0) is 65.6 Å². The van der Waals surface area contributed by atoms with Gasteiger partial charge in [0.05, 0.1) is 13.0 Å². The molecule has 0 spiro atoms. The van der Waals surface area contributed by atoms with E-state index in [2.05, 4.69) is 47.9 Å². The molecule has 0 aliphatic carbocycles. The molecule has 0 saturated carbocycles. The number of hydrogen-bond acceptors (Lipinski definition) is 13. The van der Waals surface area contributed by atoms with Crippen LogP contribution in [0.15, 0.2) is 54.6 Å². The number of amides is 10. The number of phenolic OH excluding ortho intramolecular Hbond substituents is 1. The monoisotopic (exact) mass is 1100 g/mol. The fraction of sp³-hybridized carbons (Fsp3) is 0.547. The predicted molar refractivity (Wildman–Crippen MR) is 287 cm³/mol. The van der Waals surface area contributed by atoms with Crippen molar-refractivity contribution in [1.29, 1.82) is 5.41 Å². The van der Waals surface area contributed by atoms with Gasteiger partial charge < -0.3 is 73.6 Å². The Kier molecular flexibility index (Phi) is 24.9. The van der Waals surface area contributed by atoms with Crippen LogP contribution in [-0.4, -0.2) is 173 Å². The van der Waals surface area contributed by atoms with Gasteiger partial charge in [-0.15, -0.1) is 0 Å². The lowest BCUT2D eigenvalue weighted by molar-refractivity contribution is -0.148. The van der Waals surface area contributed by atoms with Crippen LogP contribution >= 0.6 is 0 Å². The molecule has 2 aromatic carbocycles. The average Bonchev–Trinajstić information content (AvgIpc) is 3.91. The number of nitrogens with zero attached hydrogens (tertiary/aromatic N) is 2. The summed E-state index contributed by atoms with van der Waals surface area (Å²) in [6, 6.07) is 3.38. The summed E-state index contributed by atoms with van der Waals surface area (Å²) in [6.45, 7) is 5.75. The number of fused-ring (bicyclic) bond motifs is 1. The zero-order chi connectivity index (χ0) is 58.3. The van der Waals surface area contributed by atoms with Crippen LogP contribution in [0.4, 0.5) is 0 Å². The molecular formula is C53H77N13O13. The first-order valence-corrected chi connectivity index (χ1v) is 26.5. The van der Waals surface area contributed by atoms with Crippen molar-refractivity contribution in [3.8, 4) is 5.75 Å². The van der Waals surface area contributed by atoms with E-state index in [1.165, 1.54) is 42.8 Å². The summed E-state index contributed by atoms with van der Waals surface area (Å²) in [7, 11) is 1.40. The Morgan fingerprint density at radius 3 is 1.94 bits per heavy atom. The van der Waals surface area contributed by atoms with Gasteiger partial charge in [0, 0.05) is 46.4 Å². The fourth-order valence-corrected chi connectivity index (χ4v) is 9.14. The molecule has 14 N–H and O–H groups in total. The van der Waals surface area contributed by atoms with Gasteiger partial charge in [0.15, 0.2) is 5.96 Å². The molecule has 4 rings (SSSR count). The van der Waals surface area contributed by atoms with E-state index in [0.717, 1.165) is 0 Å². The second-order valence-corrected chi connectivity index (χ2v) is 20.2. The van der Waals surface area contributed by atoms with Crippen molar-refractivity contribution in [2.75, 3.05) is 33.2 Å². The summed E-state index contributed by atoms with van der Waals surface area (Å²) in [4.78, 5) is 154. The van der Waals surface area contributed by atoms with Gasteiger partial charge in [-0.05, 0) is 87.5 Å². The van der Waals surface area contributed by atoms with Crippen molar-refractivity contribution in [2.45, 2.75) is 147 Å². The van der Waals surface area contributed by atoms with Gasteiger partial charge in [0.2, 0.25) is 59.1 Å². The molecule has 2 aromatic rings. The molecule has 2 saturated heterocycles. The number of carbonyl (C=O) groups is 11. The van der Waals surface area contributed by atoms with E-state index < -0.39 is 120 Å². The van der Waals surface area contributed by atoms with Gasteiger partial charge in [0.25, 0.3) is 0 Å². The van der Waals surface area contributed by atoms with Crippen LogP contribution in [0.1, 0.15) is 96.6 Å². The first-order valence-electron chi connectivity index (χ1n) is 26.5. The number of carboxylic acid groups (broad SMARTS) is 1. The predicted octanol–water partition coefficient (Wildman–Crippen LogP) is -1.86. The Morgan fingerprint density at radius 2 is 1.29 bits per heavy atom. The molecule has 26 heteroatoms. The number of nitrogens with one attached hydrogen (secondary N) is 10. The van der Waals surface area contributed by atoms with E-state index in [-0.39, 0.29) is 88.1 Å². The highest BCUT2D eigenvalue weighted by Crippen LogP contribution is 2.24. The van der Waals surface area contributed by atoms with E-state index in [1.54, 1.807) is 56.3 Å². The number of likely N-dealkylation sites (N-methyl/N-ethyl adjacent to an activating group) is 1. The number of aliphatic carboxylic acids is 1. The number of phenols is 1. The third-order valence-corrected chi connectivity index (χ3v) is 13.3. The van der Waals surface area contributed by atoms with Gasteiger partial charge in [-0.25, -0.2) is 0 Å². The molecule has 79 heavy (non-hydrogen) atoms. The van der Waals surface area contributed by atoms with Crippen molar-refractivity contribution >= 4 is 71.0 Å². The Morgan fingerprint density at radius 1 is 0.696 bits per heavy atom. The summed E-state index contributed by atoms with van der Waals surface area (Å²) in [5.41, 5.74) is 6.56. The van der Waals surface area contributed by atoms with Crippen LogP contribution in [0.3, 0.4) is 0 Å². The zero-order valence-electron chi connectivity index (χ0n) is 45.4. The second-order valence-electron chi connectivity index (χ2n) is 20.2. The topological polar surface area (TPSA) is 393 Å². The smallest absolute Gasteiger partial charge is 0.305 e. The summed E-state index contributed by atoms with van der Waals surface area (Å²) in [5, 5.41) is 50.5. The number of unbranched alkanes of at least 4 members (excludes halogenated alkanes) is 1. The highest BCUT2D eigenvalue weighted by atomic mass is 16.4. The molecule has 0 radical (unpaired) electrons. The fourth-order valence-electron chi connectivity index (χ4n) is 9.14. The Bertz CT molecular complexity index is 2500. The molecule has 2 heterocycles. The van der Waals surface area contributed by atoms with E-state index in [4.69, 9.17) is 11.1 Å². The summed E-state index contributed by atoms with van der Waals surface area (Å²) >= 11 is 0. The largest absolute Gasteiger partial charge is 0.508 e. The number of carboxylic acids is 1. The lowest BCUT2D eigenvalue weighted by atomic mass is 10.0. The number of carbonyl (C=O) groups excluding carboxylic acids is 10. The van der Waals surface area contributed by atoms with E-state index >= 15 is 0 Å². The van der Waals surface area contributed by atoms with Crippen LogP contribution in [0.2, 0.25) is 0 Å². The maximum absolute atomic E-state index is 14.9. The molecule has 0 aromatic heterocycles. The SMILES string of the molecule is CC(=O)NCCCC[C@H]1C(=O)N[C@@H](Cc2ccccc2)C(=O)N[C@@H](CCCNC(=N)N)C(=O)NCC(=O)N[C@@H](CC(=O)O)C(=O)N[C@@H](CC(C)C)C(=O)N[C@@H](C)C(=O)N[C@@H](Cc2ccc(O)cc2)C(=O)N2CCC[C@@H]2C(=O)N1C. The van der Waals surface area contributed by atoms with Crippen LogP contribution in [0.5, 0.6) is 5.75 Å². The quantitative estimate of drug-likeness (QED) is 0.0470. The highest BCUT2D eigenvalue weighted by Gasteiger charge is 2.42. The number of aromatic hydroxyl groups is 1. The van der Waals surface area contributed by atoms with Crippen LogP contribution < -0.4 is 53.6 Å². The van der Waals surface area contributed by atoms with Crippen molar-refractivity contribution in [3.63, 3.8) is 0 Å². The van der Waals surface area contributed by atoms with E-state index in [9.17, 15) is 63.0 Å². The number of rotatable bonds is 17. The minimum absolute atomic E-state index is 0.0171. The Hall–Kier alpha value is -8.32. The van der Waals surface area contributed by atoms with Crippen LogP contribution in [0, 0.1) is 11.3 Å². The molecule has 2 aliphatic rings. The number of hydrogen-bond donors (Lipinski definition) is 13. The average molecular weight is 1100 g/mol. The first kappa shape index (κ1) is 63.2. The number of nitrogens with two attached hydrogens (primary N) is 1. The third-order valence-electron chi connectivity index (χ3n) is 13.3. The maximum atomic E-state index is 14.9. The zero-order valence-corrected chi connectivity index (χ0v) is 45.4. The molecule has 0 bridgehead atoms. The number of guanidine groups is 1. The maximum Gasteiger partial charge on any atom is 0.305 e. The third kappa shape index (κ3) is 20.9. The molecule has 2 aliphatic heterocycles. The molecule has 2 fully saturated rings. The van der Waals surface area contributed by atoms with Crippen molar-refractivity contribution in [3.05, 3.63) is 65.7 Å². The summed E-state index contributed by atoms with van der Waals surface area (Å²) < 4.78 is 0. The Balaban J connectivity index is 1.83. The first-order chi connectivity index (χ1) is 37.4. The van der Waals surface area contributed by atoms with Gasteiger partial charge in [0.1, 0.15) is 54.1 Å². The number of benzene rings is 2. The van der Waals surface area contributed by atoms with Crippen molar-refractivity contribution in [1.82, 2.24) is 57.7 Å². The van der Waals surface area contributed by atoms with Crippen molar-refractivity contribution < 1.29 is 63.0 Å². The lowest BCUT2D eigenvalue weighted by Crippen LogP contribution is -2.60. The van der Waals surface area contributed by atoms with Gasteiger partial charge in [-0.2, -0.15) is 0 Å². The molecule has 26 nitrogen and oxygen atoms in total. The summed E-state index contributed by atoms with van der Waals surface area (Å²) in [6.07, 6.45) is 0.0631. The normalized spacial score (nSPS) is 23.6. The van der Waals surface area contributed by atoms with Gasteiger partial charge >= 0.3 is 5.97 Å². The highest BCUT2D eigenvalue weighted by molar-refractivity contribution is 5.99. The van der Waals surface area contributed by atoms with Crippen molar-refractivity contribution in [2.24, 2.45) is 11.7 Å².